The summed E-state index contributed by atoms with van der Waals surface area (Å²) in [5, 5.41) is 8.83. The summed E-state index contributed by atoms with van der Waals surface area (Å²) in [7, 11) is 0. The van der Waals surface area contributed by atoms with E-state index < -0.39 is 0 Å². The van der Waals surface area contributed by atoms with Gasteiger partial charge in [0.2, 0.25) is 0 Å². The highest BCUT2D eigenvalue weighted by Crippen LogP contribution is 2.37. The van der Waals surface area contributed by atoms with Crippen LogP contribution in [0.25, 0.3) is 22.0 Å². The fourth-order valence-corrected chi connectivity index (χ4v) is 3.15. The monoisotopic (exact) mass is 256 g/mol. The van der Waals surface area contributed by atoms with Gasteiger partial charge >= 0.3 is 0 Å². The summed E-state index contributed by atoms with van der Waals surface area (Å²) >= 11 is 1.69. The Kier molecular flexibility index (Phi) is 2.04. The van der Waals surface area contributed by atoms with Gasteiger partial charge in [-0.05, 0) is 23.7 Å². The van der Waals surface area contributed by atoms with E-state index in [9.17, 15) is 0 Å². The highest BCUT2D eigenvalue weighted by atomic mass is 32.1. The maximum Gasteiger partial charge on any atom is 0.157 e. The van der Waals surface area contributed by atoms with E-state index in [1.165, 1.54) is 4.88 Å². The van der Waals surface area contributed by atoms with Crippen LogP contribution >= 0.6 is 11.3 Å². The first-order chi connectivity index (χ1) is 8.92. The molecule has 0 amide bonds. The molecule has 5 nitrogen and oxygen atoms in total. The van der Waals surface area contributed by atoms with Crippen LogP contribution in [0, 0.1) is 0 Å². The molecule has 1 aliphatic rings. The number of aryl methyl sites for hydroxylation is 2. The number of aromatic nitrogens is 4. The molecule has 0 saturated carbocycles. The van der Waals surface area contributed by atoms with Gasteiger partial charge in [-0.25, -0.2) is 9.61 Å². The van der Waals surface area contributed by atoms with Crippen LogP contribution in [-0.2, 0) is 12.8 Å². The van der Waals surface area contributed by atoms with Crippen molar-refractivity contribution in [1.29, 1.82) is 0 Å². The van der Waals surface area contributed by atoms with Crippen LogP contribution in [0.2, 0.25) is 0 Å². The Hall–Kier alpha value is -2.08. The third kappa shape index (κ3) is 1.39. The average molecular weight is 256 g/mol. The van der Waals surface area contributed by atoms with Gasteiger partial charge in [0.1, 0.15) is 16.4 Å². The van der Waals surface area contributed by atoms with Gasteiger partial charge in [0.25, 0.3) is 0 Å². The fourth-order valence-electron chi connectivity index (χ4n) is 2.10. The van der Waals surface area contributed by atoms with Crippen LogP contribution in [0.5, 0.6) is 0 Å². The molecule has 88 valence electrons. The third-order valence-corrected chi connectivity index (χ3v) is 4.14. The quantitative estimate of drug-likeness (QED) is 0.668. The first-order valence-corrected chi connectivity index (χ1v) is 6.45. The molecular formula is C12H8N4OS. The van der Waals surface area contributed by atoms with Gasteiger partial charge in [-0.2, -0.15) is 0 Å². The lowest BCUT2D eigenvalue weighted by Crippen LogP contribution is -2.01. The predicted molar refractivity (Wildman–Crippen MR) is 66.0 cm³/mol. The van der Waals surface area contributed by atoms with Crippen molar-refractivity contribution in [3.8, 4) is 22.0 Å². The number of pyridine rings is 1. The number of rotatable bonds is 1. The lowest BCUT2D eigenvalue weighted by atomic mass is 10.0. The summed E-state index contributed by atoms with van der Waals surface area (Å²) in [5.74, 6) is 0. The van der Waals surface area contributed by atoms with Gasteiger partial charge in [0.15, 0.2) is 5.69 Å². The Morgan fingerprint density at radius 3 is 3.06 bits per heavy atom. The lowest BCUT2D eigenvalue weighted by Gasteiger charge is -2.04. The molecule has 3 aromatic rings. The molecule has 0 aromatic carbocycles. The maximum absolute atomic E-state index is 4.79. The molecule has 0 unspecified atom stereocenters. The largest absolute Gasteiger partial charge is 0.264 e. The van der Waals surface area contributed by atoms with E-state index in [1.807, 2.05) is 18.3 Å². The van der Waals surface area contributed by atoms with E-state index in [4.69, 9.17) is 4.63 Å². The van der Waals surface area contributed by atoms with Crippen molar-refractivity contribution < 1.29 is 4.63 Å². The Bertz CT molecular complexity index is 704. The van der Waals surface area contributed by atoms with Crippen LogP contribution in [0.4, 0.5) is 0 Å². The summed E-state index contributed by atoms with van der Waals surface area (Å²) in [4.78, 5) is 10.0. The molecule has 0 N–H and O–H groups in total. The minimum absolute atomic E-state index is 0.794. The Labute approximate surface area is 106 Å². The Morgan fingerprint density at radius 1 is 1.17 bits per heavy atom. The predicted octanol–water partition coefficient (Wildman–Crippen LogP) is 2.35. The molecule has 3 aromatic heterocycles. The highest BCUT2D eigenvalue weighted by Gasteiger charge is 2.25. The number of nitrogens with zero attached hydrogens (tertiary/aromatic N) is 4. The van der Waals surface area contributed by atoms with Gasteiger partial charge < -0.3 is 0 Å². The second-order valence-corrected chi connectivity index (χ2v) is 5.18. The molecule has 3 heterocycles. The molecule has 6 heteroatoms. The number of fused-ring (bicyclic) bond motifs is 3. The Balaban J connectivity index is 1.88. The zero-order valence-electron chi connectivity index (χ0n) is 9.33. The van der Waals surface area contributed by atoms with Crippen LogP contribution in [0.1, 0.15) is 10.6 Å². The molecular weight excluding hydrogens is 248 g/mol. The highest BCUT2D eigenvalue weighted by molar-refractivity contribution is 7.15. The van der Waals surface area contributed by atoms with Crippen LogP contribution in [0.3, 0.4) is 0 Å². The molecule has 0 bridgehead atoms. The fraction of sp³-hybridized carbons (Fsp3) is 0.167. The van der Waals surface area contributed by atoms with Crippen LogP contribution in [0.15, 0.2) is 29.2 Å². The minimum atomic E-state index is 0.794. The smallest absolute Gasteiger partial charge is 0.157 e. The second-order valence-electron chi connectivity index (χ2n) is 4.09. The third-order valence-electron chi connectivity index (χ3n) is 2.98. The lowest BCUT2D eigenvalue weighted by molar-refractivity contribution is 0.304. The molecule has 18 heavy (non-hydrogen) atoms. The summed E-state index contributed by atoms with van der Waals surface area (Å²) in [6, 6.07) is 3.93. The Morgan fingerprint density at radius 2 is 2.17 bits per heavy atom. The van der Waals surface area contributed by atoms with Gasteiger partial charge in [-0.15, -0.1) is 11.3 Å². The van der Waals surface area contributed by atoms with Crippen molar-refractivity contribution in [2.75, 3.05) is 0 Å². The summed E-state index contributed by atoms with van der Waals surface area (Å²) < 4.78 is 4.79. The van der Waals surface area contributed by atoms with E-state index in [1.54, 1.807) is 17.5 Å². The normalized spacial score (nSPS) is 13.1. The molecule has 0 atom stereocenters. The molecule has 0 radical (unpaired) electrons. The van der Waals surface area contributed by atoms with Crippen molar-refractivity contribution in [3.63, 3.8) is 0 Å². The molecule has 1 aliphatic carbocycles. The average Bonchev–Trinajstić information content (AvgIpc) is 3.05. The van der Waals surface area contributed by atoms with E-state index in [-0.39, 0.29) is 0 Å². The standard InChI is InChI=1S/C12H8N4OS/c1-2-7(6-13-5-1)12-14-11-9(18-12)4-3-8-10(11)16-17-15-8/h1-2,5-6H,3-4H2. The maximum atomic E-state index is 4.79. The van der Waals surface area contributed by atoms with Crippen LogP contribution < -0.4 is 0 Å². The number of thiazole rings is 1. The van der Waals surface area contributed by atoms with Gasteiger partial charge in [0, 0.05) is 29.3 Å². The SMILES string of the molecule is c1cncc(-c2nc3c(s2)CCc2nonc2-3)c1. The molecule has 4 rings (SSSR count). The topological polar surface area (TPSA) is 64.7 Å². The molecule has 0 saturated heterocycles. The van der Waals surface area contributed by atoms with Crippen molar-refractivity contribution >= 4 is 11.3 Å². The summed E-state index contributed by atoms with van der Waals surface area (Å²) in [6.45, 7) is 0. The van der Waals surface area contributed by atoms with E-state index in [2.05, 4.69) is 20.3 Å². The van der Waals surface area contributed by atoms with Crippen molar-refractivity contribution in [1.82, 2.24) is 20.3 Å². The van der Waals surface area contributed by atoms with Crippen LogP contribution in [-0.4, -0.2) is 20.3 Å². The summed E-state index contributed by atoms with van der Waals surface area (Å²) in [5.41, 5.74) is 3.66. The first-order valence-electron chi connectivity index (χ1n) is 5.64. The molecule has 0 fully saturated rings. The zero-order valence-corrected chi connectivity index (χ0v) is 10.1. The number of hydrogen-bond donors (Lipinski definition) is 0. The van der Waals surface area contributed by atoms with Gasteiger partial charge in [0.05, 0.1) is 0 Å². The van der Waals surface area contributed by atoms with Crippen molar-refractivity contribution in [3.05, 3.63) is 35.1 Å². The van der Waals surface area contributed by atoms with Gasteiger partial charge in [-0.3, -0.25) is 4.98 Å². The van der Waals surface area contributed by atoms with E-state index in [0.717, 1.165) is 40.5 Å². The minimum Gasteiger partial charge on any atom is -0.264 e. The second kappa shape index (κ2) is 3.71. The summed E-state index contributed by atoms with van der Waals surface area (Å²) in [6.07, 6.45) is 5.41. The number of hydrogen-bond acceptors (Lipinski definition) is 6. The molecule has 0 spiro atoms. The van der Waals surface area contributed by atoms with Crippen molar-refractivity contribution in [2.24, 2.45) is 0 Å². The van der Waals surface area contributed by atoms with Gasteiger partial charge in [-0.1, -0.05) is 5.16 Å². The van der Waals surface area contributed by atoms with Crippen molar-refractivity contribution in [2.45, 2.75) is 12.8 Å². The first kappa shape index (κ1) is 9.90. The van der Waals surface area contributed by atoms with E-state index >= 15 is 0 Å². The molecule has 0 aliphatic heterocycles. The van der Waals surface area contributed by atoms with E-state index in [0.29, 0.717) is 0 Å². The zero-order chi connectivity index (χ0) is 11.9.